The fourth-order valence-corrected chi connectivity index (χ4v) is 4.59. The number of fused-ring (bicyclic) bond motifs is 1. The van der Waals surface area contributed by atoms with Crippen LogP contribution in [0.15, 0.2) is 76.7 Å². The zero-order chi connectivity index (χ0) is 21.7. The SMILES string of the molecule is O=C(CCCCCN=C1NS(=O)(=O)c2ccccc21)Nc1ccn(-c2ccccc2)n1. The van der Waals surface area contributed by atoms with Gasteiger partial charge in [0.1, 0.15) is 5.84 Å². The average Bonchev–Trinajstić information content (AvgIpc) is 3.34. The van der Waals surface area contributed by atoms with Gasteiger partial charge in [0.25, 0.3) is 10.0 Å². The van der Waals surface area contributed by atoms with Gasteiger partial charge in [0.2, 0.25) is 5.91 Å². The Morgan fingerprint density at radius 2 is 1.77 bits per heavy atom. The minimum atomic E-state index is -3.50. The van der Waals surface area contributed by atoms with Crippen LogP contribution in [0.1, 0.15) is 31.2 Å². The summed E-state index contributed by atoms with van der Waals surface area (Å²) in [5, 5.41) is 7.18. The van der Waals surface area contributed by atoms with Gasteiger partial charge in [-0.2, -0.15) is 5.10 Å². The number of hydrogen-bond donors (Lipinski definition) is 2. The molecular weight excluding hydrogens is 414 g/mol. The molecule has 0 fully saturated rings. The molecule has 0 saturated carbocycles. The number of para-hydroxylation sites is 1. The van der Waals surface area contributed by atoms with Crippen molar-refractivity contribution in [3.63, 3.8) is 0 Å². The fraction of sp³-hybridized carbons (Fsp3) is 0.227. The number of carbonyl (C=O) groups excluding carboxylic acids is 1. The highest BCUT2D eigenvalue weighted by Gasteiger charge is 2.29. The number of sulfonamides is 1. The van der Waals surface area contributed by atoms with E-state index >= 15 is 0 Å². The van der Waals surface area contributed by atoms with Crippen molar-refractivity contribution in [2.24, 2.45) is 4.99 Å². The number of amides is 1. The number of nitrogens with one attached hydrogen (secondary N) is 2. The van der Waals surface area contributed by atoms with Gasteiger partial charge in [-0.15, -0.1) is 0 Å². The normalized spacial score (nSPS) is 15.4. The van der Waals surface area contributed by atoms with Gasteiger partial charge in [-0.25, -0.2) is 13.1 Å². The Morgan fingerprint density at radius 1 is 1.00 bits per heavy atom. The van der Waals surface area contributed by atoms with Crippen LogP contribution in [0.5, 0.6) is 0 Å². The molecule has 2 aromatic carbocycles. The lowest BCUT2D eigenvalue weighted by atomic mass is 10.2. The highest BCUT2D eigenvalue weighted by atomic mass is 32.2. The van der Waals surface area contributed by atoms with E-state index in [1.807, 2.05) is 30.3 Å². The molecule has 1 amide bonds. The van der Waals surface area contributed by atoms with Gasteiger partial charge in [0, 0.05) is 30.8 Å². The number of amidine groups is 1. The summed E-state index contributed by atoms with van der Waals surface area (Å²) in [5.74, 6) is 0.830. The van der Waals surface area contributed by atoms with E-state index in [9.17, 15) is 13.2 Å². The number of nitrogens with zero attached hydrogens (tertiary/aromatic N) is 3. The Morgan fingerprint density at radius 3 is 2.61 bits per heavy atom. The lowest BCUT2D eigenvalue weighted by Crippen LogP contribution is -2.22. The van der Waals surface area contributed by atoms with E-state index in [1.54, 1.807) is 41.2 Å². The second-order valence-electron chi connectivity index (χ2n) is 7.17. The van der Waals surface area contributed by atoms with Crippen LogP contribution in [0.25, 0.3) is 5.69 Å². The van der Waals surface area contributed by atoms with Crippen LogP contribution in [0.2, 0.25) is 0 Å². The van der Waals surface area contributed by atoms with Gasteiger partial charge in [-0.05, 0) is 37.1 Å². The molecule has 2 heterocycles. The molecule has 9 heteroatoms. The molecule has 160 valence electrons. The Balaban J connectivity index is 1.19. The summed E-state index contributed by atoms with van der Waals surface area (Å²) in [6, 6.07) is 18.2. The minimum Gasteiger partial charge on any atom is -0.309 e. The highest BCUT2D eigenvalue weighted by molar-refractivity contribution is 7.90. The van der Waals surface area contributed by atoms with E-state index in [-0.39, 0.29) is 10.8 Å². The molecule has 0 saturated heterocycles. The number of anilines is 1. The van der Waals surface area contributed by atoms with Crippen molar-refractivity contribution in [1.82, 2.24) is 14.5 Å². The number of carbonyl (C=O) groups is 1. The van der Waals surface area contributed by atoms with E-state index in [2.05, 4.69) is 20.1 Å². The standard InChI is InChI=1S/C22H23N5O3S/c28-21(24-20-14-16-27(25-20)17-9-3-1-4-10-17)13-5-2-8-15-23-22-18-11-6-7-12-19(18)31(29,30)26-22/h1,3-4,6-7,9-12,14,16H,2,5,8,13,15H2,(H,23,26)(H,24,25,28). The molecule has 1 aromatic heterocycles. The van der Waals surface area contributed by atoms with Crippen LogP contribution in [0, 0.1) is 0 Å². The van der Waals surface area contributed by atoms with E-state index in [0.29, 0.717) is 30.2 Å². The summed E-state index contributed by atoms with van der Waals surface area (Å²) < 4.78 is 28.3. The molecule has 0 unspecified atom stereocenters. The number of aromatic nitrogens is 2. The van der Waals surface area contributed by atoms with E-state index in [4.69, 9.17) is 0 Å². The van der Waals surface area contributed by atoms with Crippen LogP contribution in [-0.2, 0) is 14.8 Å². The summed E-state index contributed by atoms with van der Waals surface area (Å²) in [5.41, 5.74) is 1.54. The molecule has 0 aliphatic carbocycles. The largest absolute Gasteiger partial charge is 0.309 e. The molecule has 1 aliphatic heterocycles. The number of hydrogen-bond acceptors (Lipinski definition) is 5. The van der Waals surface area contributed by atoms with Gasteiger partial charge in [-0.1, -0.05) is 36.8 Å². The third kappa shape index (κ3) is 5.00. The van der Waals surface area contributed by atoms with Gasteiger partial charge in [-0.3, -0.25) is 14.5 Å². The van der Waals surface area contributed by atoms with Gasteiger partial charge < -0.3 is 5.32 Å². The summed E-state index contributed by atoms with van der Waals surface area (Å²) in [6.45, 7) is 0.495. The van der Waals surface area contributed by atoms with E-state index in [1.165, 1.54) is 0 Å². The van der Waals surface area contributed by atoms with E-state index < -0.39 is 10.0 Å². The summed E-state index contributed by atoms with van der Waals surface area (Å²) in [7, 11) is -3.50. The molecule has 8 nitrogen and oxygen atoms in total. The Kier molecular flexibility index (Phi) is 6.13. The Hall–Kier alpha value is -3.46. The first-order valence-corrected chi connectivity index (χ1v) is 11.6. The molecule has 3 aromatic rings. The first-order chi connectivity index (χ1) is 15.0. The maximum Gasteiger partial charge on any atom is 0.263 e. The lowest BCUT2D eigenvalue weighted by Gasteiger charge is -2.03. The second-order valence-corrected chi connectivity index (χ2v) is 8.82. The molecule has 0 radical (unpaired) electrons. The lowest BCUT2D eigenvalue weighted by molar-refractivity contribution is -0.116. The predicted molar refractivity (Wildman–Crippen MR) is 119 cm³/mol. The fourth-order valence-electron chi connectivity index (χ4n) is 3.34. The van der Waals surface area contributed by atoms with Crippen molar-refractivity contribution in [2.75, 3.05) is 11.9 Å². The summed E-state index contributed by atoms with van der Waals surface area (Å²) >= 11 is 0. The van der Waals surface area contributed by atoms with Crippen LogP contribution in [0.3, 0.4) is 0 Å². The predicted octanol–water partition coefficient (Wildman–Crippen LogP) is 3.11. The Bertz CT molecular complexity index is 1200. The van der Waals surface area contributed by atoms with Crippen molar-refractivity contribution >= 4 is 27.6 Å². The Labute approximate surface area is 181 Å². The molecule has 0 spiro atoms. The molecular formula is C22H23N5O3S. The van der Waals surface area contributed by atoms with Crippen LogP contribution >= 0.6 is 0 Å². The molecule has 4 rings (SSSR count). The highest BCUT2D eigenvalue weighted by Crippen LogP contribution is 2.22. The average molecular weight is 438 g/mol. The van der Waals surface area contributed by atoms with E-state index in [0.717, 1.165) is 24.9 Å². The first kappa shape index (κ1) is 20.8. The van der Waals surface area contributed by atoms with Crippen molar-refractivity contribution in [2.45, 2.75) is 30.6 Å². The monoisotopic (exact) mass is 437 g/mol. The third-order valence-electron chi connectivity index (χ3n) is 4.87. The molecule has 0 atom stereocenters. The zero-order valence-electron chi connectivity index (χ0n) is 16.9. The maximum absolute atomic E-state index is 12.1. The van der Waals surface area contributed by atoms with Gasteiger partial charge in [0.05, 0.1) is 10.6 Å². The summed E-state index contributed by atoms with van der Waals surface area (Å²) in [4.78, 5) is 16.8. The van der Waals surface area contributed by atoms with Crippen molar-refractivity contribution in [3.8, 4) is 5.69 Å². The van der Waals surface area contributed by atoms with Gasteiger partial charge in [0.15, 0.2) is 5.82 Å². The van der Waals surface area contributed by atoms with Crippen molar-refractivity contribution in [1.29, 1.82) is 0 Å². The smallest absolute Gasteiger partial charge is 0.263 e. The number of aliphatic imine (C=N–C) groups is 1. The van der Waals surface area contributed by atoms with Crippen molar-refractivity contribution in [3.05, 3.63) is 72.4 Å². The van der Waals surface area contributed by atoms with Crippen LogP contribution < -0.4 is 10.0 Å². The van der Waals surface area contributed by atoms with Crippen LogP contribution in [-0.4, -0.2) is 36.5 Å². The minimum absolute atomic E-state index is 0.0814. The molecule has 0 bridgehead atoms. The quantitative estimate of drug-likeness (QED) is 0.528. The topological polar surface area (TPSA) is 105 Å². The number of unbranched alkanes of at least 4 members (excludes halogenated alkanes) is 2. The maximum atomic E-state index is 12.1. The number of rotatable bonds is 8. The van der Waals surface area contributed by atoms with Gasteiger partial charge >= 0.3 is 0 Å². The van der Waals surface area contributed by atoms with Crippen LogP contribution in [0.4, 0.5) is 5.82 Å². The number of benzene rings is 2. The molecule has 1 aliphatic rings. The summed E-state index contributed by atoms with van der Waals surface area (Å²) in [6.07, 6.45) is 4.50. The zero-order valence-corrected chi connectivity index (χ0v) is 17.7. The van der Waals surface area contributed by atoms with Crippen molar-refractivity contribution < 1.29 is 13.2 Å². The molecule has 31 heavy (non-hydrogen) atoms. The second kappa shape index (κ2) is 9.13. The molecule has 2 N–H and O–H groups in total. The first-order valence-electron chi connectivity index (χ1n) is 10.1. The third-order valence-corrected chi connectivity index (χ3v) is 6.27.